The van der Waals surface area contributed by atoms with Crippen molar-refractivity contribution < 1.29 is 29.0 Å². The van der Waals surface area contributed by atoms with E-state index >= 15 is 0 Å². The number of ether oxygens (including phenoxy) is 2. The number of anilines is 1. The van der Waals surface area contributed by atoms with Crippen LogP contribution >= 0.6 is 11.6 Å². The van der Waals surface area contributed by atoms with E-state index in [-0.39, 0.29) is 25.0 Å². The molecule has 0 aromatic heterocycles. The molecule has 4 heterocycles. The highest BCUT2D eigenvalue weighted by Crippen LogP contribution is 2.55. The molecule has 0 saturated carbocycles. The van der Waals surface area contributed by atoms with Crippen molar-refractivity contribution in [1.82, 2.24) is 10.2 Å². The fourth-order valence-corrected chi connectivity index (χ4v) is 6.81. The second-order valence-corrected chi connectivity index (χ2v) is 10.9. The lowest BCUT2D eigenvalue weighted by atomic mass is 9.76. The molecule has 10 heteroatoms. The summed E-state index contributed by atoms with van der Waals surface area (Å²) in [5, 5.41) is 16.4. The number of aromatic hydroxyl groups is 1. The molecule has 4 aliphatic heterocycles. The number of carbonyl (C=O) groups excluding carboxylic acids is 3. The number of hydrogen-bond donors (Lipinski definition) is 3. The highest BCUT2D eigenvalue weighted by molar-refractivity contribution is 6.35. The molecule has 0 radical (unpaired) electrons. The number of amides is 3. The van der Waals surface area contributed by atoms with Gasteiger partial charge in [-0.2, -0.15) is 0 Å². The molecule has 0 aliphatic carbocycles. The molecule has 7 rings (SSSR count). The van der Waals surface area contributed by atoms with Gasteiger partial charge >= 0.3 is 0 Å². The maximum absolute atomic E-state index is 14.1. The van der Waals surface area contributed by atoms with Crippen LogP contribution < -0.4 is 20.1 Å². The summed E-state index contributed by atoms with van der Waals surface area (Å²) in [5.41, 5.74) is 1.99. The van der Waals surface area contributed by atoms with Crippen molar-refractivity contribution >= 4 is 35.0 Å². The smallest absolute Gasteiger partial charge is 0.250 e. The average Bonchev–Trinajstić information content (AvgIpc) is 3.63. The van der Waals surface area contributed by atoms with Crippen molar-refractivity contribution in [3.8, 4) is 17.2 Å². The van der Waals surface area contributed by atoms with Crippen LogP contribution in [0.4, 0.5) is 5.69 Å². The Morgan fingerprint density at radius 3 is 2.54 bits per heavy atom. The first-order valence-corrected chi connectivity index (χ1v) is 13.1. The summed E-state index contributed by atoms with van der Waals surface area (Å²) in [4.78, 5) is 43.1. The fourth-order valence-electron chi connectivity index (χ4n) is 6.49. The zero-order valence-corrected chi connectivity index (χ0v) is 21.6. The lowest BCUT2D eigenvalue weighted by molar-refractivity contribution is -0.143. The number of aryl methyl sites for hydroxylation is 1. The highest BCUT2D eigenvalue weighted by Gasteiger charge is 2.70. The fraction of sp³-hybridized carbons (Fsp3) is 0.276. The third-order valence-corrected chi connectivity index (χ3v) is 8.48. The summed E-state index contributed by atoms with van der Waals surface area (Å²) in [6, 6.07) is 15.1. The average molecular weight is 546 g/mol. The van der Waals surface area contributed by atoms with E-state index < -0.39 is 35.2 Å². The predicted molar refractivity (Wildman–Crippen MR) is 140 cm³/mol. The van der Waals surface area contributed by atoms with E-state index in [4.69, 9.17) is 21.1 Å². The van der Waals surface area contributed by atoms with E-state index in [1.165, 1.54) is 4.90 Å². The zero-order valence-electron chi connectivity index (χ0n) is 20.9. The number of fused-ring (bicyclic) bond motifs is 5. The van der Waals surface area contributed by atoms with Gasteiger partial charge in [0.05, 0.1) is 29.1 Å². The SMILES string of the molecule is Cc1cc(Cl)c2c(c1)[C@@]1(N[C@@H](Cc3ccc(O)cc3)[C@H]3C(=O)N(Cc4ccc5c(c4)OCO5)C(=O)[C@@H]31)C(=O)N2. The van der Waals surface area contributed by atoms with Gasteiger partial charge in [0, 0.05) is 11.6 Å². The van der Waals surface area contributed by atoms with Crippen molar-refractivity contribution in [2.24, 2.45) is 11.8 Å². The Morgan fingerprint density at radius 1 is 1.00 bits per heavy atom. The molecule has 3 aromatic rings. The first-order chi connectivity index (χ1) is 18.8. The molecule has 3 N–H and O–H groups in total. The number of nitrogens with zero attached hydrogens (tertiary/aromatic N) is 1. The number of phenolic OH excluding ortho intramolecular Hbond substituents is 1. The van der Waals surface area contributed by atoms with Crippen LogP contribution in [0.5, 0.6) is 17.2 Å². The molecule has 3 amide bonds. The lowest BCUT2D eigenvalue weighted by Crippen LogP contribution is -2.53. The molecule has 0 bridgehead atoms. The molecule has 4 atom stereocenters. The summed E-state index contributed by atoms with van der Waals surface area (Å²) < 4.78 is 10.9. The quantitative estimate of drug-likeness (QED) is 0.431. The lowest BCUT2D eigenvalue weighted by Gasteiger charge is -2.30. The topological polar surface area (TPSA) is 117 Å². The monoisotopic (exact) mass is 545 g/mol. The van der Waals surface area contributed by atoms with E-state index in [2.05, 4.69) is 10.6 Å². The molecule has 39 heavy (non-hydrogen) atoms. The van der Waals surface area contributed by atoms with Crippen LogP contribution in [0.2, 0.25) is 5.02 Å². The van der Waals surface area contributed by atoms with Gasteiger partial charge in [0.25, 0.3) is 0 Å². The third-order valence-electron chi connectivity index (χ3n) is 8.18. The minimum atomic E-state index is -1.45. The van der Waals surface area contributed by atoms with Gasteiger partial charge in [-0.05, 0) is 60.4 Å². The van der Waals surface area contributed by atoms with Crippen LogP contribution in [0.1, 0.15) is 22.3 Å². The Bertz CT molecular complexity index is 1570. The van der Waals surface area contributed by atoms with Gasteiger partial charge in [0.1, 0.15) is 11.3 Å². The number of imide groups is 1. The molecule has 198 valence electrons. The number of hydrogen-bond acceptors (Lipinski definition) is 7. The molecule has 2 saturated heterocycles. The number of likely N-dealkylation sites (tertiary alicyclic amines) is 1. The van der Waals surface area contributed by atoms with Gasteiger partial charge in [0.2, 0.25) is 24.5 Å². The summed E-state index contributed by atoms with van der Waals surface area (Å²) in [6.07, 6.45) is 0.377. The maximum atomic E-state index is 14.1. The van der Waals surface area contributed by atoms with E-state index in [1.807, 2.05) is 13.0 Å². The van der Waals surface area contributed by atoms with Gasteiger partial charge < -0.3 is 19.9 Å². The number of halogens is 1. The molecule has 9 nitrogen and oxygen atoms in total. The second kappa shape index (κ2) is 8.46. The Balaban J connectivity index is 1.31. The van der Waals surface area contributed by atoms with Crippen LogP contribution in [0.15, 0.2) is 54.6 Å². The molecule has 1 spiro atoms. The van der Waals surface area contributed by atoms with Crippen molar-refractivity contribution in [3.05, 3.63) is 81.9 Å². The standard InChI is InChI=1S/C29H24ClN3O6/c1-14-8-18-25(19(30)9-14)31-28(37)29(18)24-23(20(32-29)10-15-2-5-17(34)6-3-15)26(35)33(27(24)36)12-16-4-7-21-22(11-16)39-13-38-21/h2-9,11,20,23-24,32,34H,10,12-13H2,1H3,(H,31,37)/t20-,23+,24+,29-/m0/s1. The molecular weight excluding hydrogens is 522 g/mol. The van der Waals surface area contributed by atoms with Crippen LogP contribution in [0.3, 0.4) is 0 Å². The normalized spacial score (nSPS) is 26.4. The minimum absolute atomic E-state index is 0.0480. The largest absolute Gasteiger partial charge is 0.508 e. The molecule has 2 fully saturated rings. The molecule has 4 aliphatic rings. The maximum Gasteiger partial charge on any atom is 0.250 e. The van der Waals surface area contributed by atoms with Crippen LogP contribution in [0, 0.1) is 18.8 Å². The van der Waals surface area contributed by atoms with E-state index in [9.17, 15) is 19.5 Å². The Labute approximate surface area is 228 Å². The number of carbonyl (C=O) groups is 3. The molecule has 3 aromatic carbocycles. The Morgan fingerprint density at radius 2 is 1.74 bits per heavy atom. The number of benzene rings is 3. The number of nitrogens with one attached hydrogen (secondary N) is 2. The highest BCUT2D eigenvalue weighted by atomic mass is 35.5. The van der Waals surface area contributed by atoms with Gasteiger partial charge in [-0.1, -0.05) is 35.9 Å². The predicted octanol–water partition coefficient (Wildman–Crippen LogP) is 3.25. The van der Waals surface area contributed by atoms with Crippen LogP contribution in [0.25, 0.3) is 0 Å². The van der Waals surface area contributed by atoms with Crippen molar-refractivity contribution in [2.75, 3.05) is 12.1 Å². The summed E-state index contributed by atoms with van der Waals surface area (Å²) in [6.45, 7) is 2.04. The van der Waals surface area contributed by atoms with Crippen molar-refractivity contribution in [2.45, 2.75) is 31.5 Å². The van der Waals surface area contributed by atoms with E-state index in [0.29, 0.717) is 39.8 Å². The number of rotatable bonds is 4. The number of phenols is 1. The molecular formula is C29H24ClN3O6. The Kier molecular flexibility index (Phi) is 5.20. The van der Waals surface area contributed by atoms with Crippen molar-refractivity contribution in [1.29, 1.82) is 0 Å². The van der Waals surface area contributed by atoms with E-state index in [1.54, 1.807) is 48.5 Å². The van der Waals surface area contributed by atoms with Crippen molar-refractivity contribution in [3.63, 3.8) is 0 Å². The van der Waals surface area contributed by atoms with Gasteiger partial charge in [0.15, 0.2) is 11.5 Å². The van der Waals surface area contributed by atoms with Gasteiger partial charge in [-0.3, -0.25) is 24.6 Å². The second-order valence-electron chi connectivity index (χ2n) is 10.5. The Hall–Kier alpha value is -4.08. The summed E-state index contributed by atoms with van der Waals surface area (Å²) in [7, 11) is 0. The minimum Gasteiger partial charge on any atom is -0.508 e. The molecule has 0 unspecified atom stereocenters. The summed E-state index contributed by atoms with van der Waals surface area (Å²) >= 11 is 6.52. The first-order valence-electron chi connectivity index (χ1n) is 12.7. The third kappa shape index (κ3) is 3.46. The van der Waals surface area contributed by atoms with Crippen LogP contribution in [-0.4, -0.2) is 40.6 Å². The van der Waals surface area contributed by atoms with E-state index in [0.717, 1.165) is 11.1 Å². The first kappa shape index (κ1) is 24.0. The summed E-state index contributed by atoms with van der Waals surface area (Å²) in [5.74, 6) is -1.60. The van der Waals surface area contributed by atoms with Gasteiger partial charge in [-0.15, -0.1) is 0 Å². The van der Waals surface area contributed by atoms with Gasteiger partial charge in [-0.25, -0.2) is 0 Å². The zero-order chi connectivity index (χ0) is 27.1. The van der Waals surface area contributed by atoms with Crippen LogP contribution in [-0.2, 0) is 32.9 Å².